The molecule has 4 heteroatoms. The first-order chi connectivity index (χ1) is 14.6. The zero-order valence-electron chi connectivity index (χ0n) is 19.4. The van der Waals surface area contributed by atoms with Gasteiger partial charge in [0.1, 0.15) is 0 Å². The Hall–Kier alpha value is -1.84. The Labute approximate surface area is 183 Å². The van der Waals surface area contributed by atoms with E-state index in [0.717, 1.165) is 25.7 Å². The highest BCUT2D eigenvalue weighted by Crippen LogP contribution is 2.15. The number of carbonyl (C=O) groups excluding carboxylic acids is 2. The van der Waals surface area contributed by atoms with Gasteiger partial charge in [-0.2, -0.15) is 0 Å². The number of unbranched alkanes of at least 4 members (excludes halogenated alkanes) is 9. The average Bonchev–Trinajstić information content (AvgIpc) is 2.77. The van der Waals surface area contributed by atoms with Crippen LogP contribution < -0.4 is 0 Å². The van der Waals surface area contributed by atoms with Gasteiger partial charge >= 0.3 is 11.9 Å². The van der Waals surface area contributed by atoms with E-state index in [0.29, 0.717) is 24.7 Å². The van der Waals surface area contributed by atoms with Crippen LogP contribution in [0.2, 0.25) is 0 Å². The molecule has 0 saturated heterocycles. The van der Waals surface area contributed by atoms with E-state index in [2.05, 4.69) is 20.8 Å². The molecule has 0 saturated carbocycles. The minimum absolute atomic E-state index is 0.288. The predicted octanol–water partition coefficient (Wildman–Crippen LogP) is 7.36. The lowest BCUT2D eigenvalue weighted by molar-refractivity contribution is 0.0408. The van der Waals surface area contributed by atoms with Crippen molar-refractivity contribution in [3.8, 4) is 0 Å². The highest BCUT2D eigenvalue weighted by molar-refractivity contribution is 6.03. The third-order valence-corrected chi connectivity index (χ3v) is 5.70. The predicted molar refractivity (Wildman–Crippen MR) is 123 cm³/mol. The molecule has 0 fully saturated rings. The zero-order valence-corrected chi connectivity index (χ0v) is 19.4. The molecule has 0 atom stereocenters. The number of hydrogen-bond donors (Lipinski definition) is 0. The van der Waals surface area contributed by atoms with E-state index < -0.39 is 11.9 Å². The normalized spacial score (nSPS) is 10.9. The quantitative estimate of drug-likeness (QED) is 0.196. The Morgan fingerprint density at radius 2 is 1.17 bits per heavy atom. The number of carbonyl (C=O) groups is 2. The summed E-state index contributed by atoms with van der Waals surface area (Å²) in [6.45, 7) is 7.19. The van der Waals surface area contributed by atoms with Gasteiger partial charge < -0.3 is 9.47 Å². The molecule has 1 rings (SSSR count). The minimum atomic E-state index is -0.451. The van der Waals surface area contributed by atoms with Crippen LogP contribution in [0.5, 0.6) is 0 Å². The largest absolute Gasteiger partial charge is 0.462 e. The monoisotopic (exact) mass is 418 g/mol. The summed E-state index contributed by atoms with van der Waals surface area (Å²) in [4.78, 5) is 24.9. The van der Waals surface area contributed by atoms with Crippen molar-refractivity contribution in [2.24, 2.45) is 5.92 Å². The van der Waals surface area contributed by atoms with Crippen molar-refractivity contribution in [3.63, 3.8) is 0 Å². The van der Waals surface area contributed by atoms with Crippen LogP contribution in [0.25, 0.3) is 0 Å². The van der Waals surface area contributed by atoms with E-state index >= 15 is 0 Å². The molecule has 0 aromatic heterocycles. The van der Waals surface area contributed by atoms with Crippen LogP contribution in [-0.2, 0) is 9.47 Å². The molecule has 0 amide bonds. The van der Waals surface area contributed by atoms with Crippen molar-refractivity contribution in [2.75, 3.05) is 13.2 Å². The average molecular weight is 419 g/mol. The maximum atomic E-state index is 12.5. The van der Waals surface area contributed by atoms with Crippen molar-refractivity contribution < 1.29 is 19.1 Å². The summed E-state index contributed by atoms with van der Waals surface area (Å²) in [7, 11) is 0. The second-order valence-corrected chi connectivity index (χ2v) is 8.14. The number of rotatable bonds is 17. The first kappa shape index (κ1) is 26.2. The molecule has 1 aromatic carbocycles. The van der Waals surface area contributed by atoms with Gasteiger partial charge in [0.2, 0.25) is 0 Å². The fourth-order valence-corrected chi connectivity index (χ4v) is 3.47. The molecule has 0 N–H and O–H groups in total. The Morgan fingerprint density at radius 3 is 1.67 bits per heavy atom. The van der Waals surface area contributed by atoms with E-state index in [1.54, 1.807) is 24.3 Å². The lowest BCUT2D eigenvalue weighted by Crippen LogP contribution is -2.17. The van der Waals surface area contributed by atoms with E-state index in [4.69, 9.17) is 9.47 Å². The maximum absolute atomic E-state index is 12.5. The molecule has 1 aromatic rings. The summed E-state index contributed by atoms with van der Waals surface area (Å²) in [5.41, 5.74) is 0.579. The van der Waals surface area contributed by atoms with Crippen LogP contribution in [0.1, 0.15) is 119 Å². The third-order valence-electron chi connectivity index (χ3n) is 5.70. The smallest absolute Gasteiger partial charge is 0.339 e. The SMILES string of the molecule is CCCCCCCCCCCCOC(=O)c1ccccc1C(=O)OCC(CC)CC. The summed E-state index contributed by atoms with van der Waals surface area (Å²) in [5.74, 6) is -0.543. The minimum Gasteiger partial charge on any atom is -0.462 e. The summed E-state index contributed by atoms with van der Waals surface area (Å²) < 4.78 is 10.8. The van der Waals surface area contributed by atoms with E-state index in [1.165, 1.54) is 51.4 Å². The first-order valence-corrected chi connectivity index (χ1v) is 12.1. The van der Waals surface area contributed by atoms with E-state index in [-0.39, 0.29) is 5.56 Å². The lowest BCUT2D eigenvalue weighted by atomic mass is 10.0. The van der Waals surface area contributed by atoms with Crippen LogP contribution in [0.4, 0.5) is 0 Å². The third kappa shape index (κ3) is 10.8. The summed E-state index contributed by atoms with van der Waals surface area (Å²) >= 11 is 0. The first-order valence-electron chi connectivity index (χ1n) is 12.1. The molecule has 0 unspecified atom stereocenters. The van der Waals surface area contributed by atoms with Crippen LogP contribution in [0.3, 0.4) is 0 Å². The molecule has 0 heterocycles. The van der Waals surface area contributed by atoms with Crippen molar-refractivity contribution >= 4 is 11.9 Å². The van der Waals surface area contributed by atoms with Crippen molar-refractivity contribution in [3.05, 3.63) is 35.4 Å². The van der Waals surface area contributed by atoms with Crippen LogP contribution in [0, 0.1) is 5.92 Å². The van der Waals surface area contributed by atoms with Crippen LogP contribution in [0.15, 0.2) is 24.3 Å². The molecule has 30 heavy (non-hydrogen) atoms. The van der Waals surface area contributed by atoms with E-state index in [1.807, 2.05) is 0 Å². The van der Waals surface area contributed by atoms with Crippen molar-refractivity contribution in [2.45, 2.75) is 97.8 Å². The summed E-state index contributed by atoms with van der Waals surface area (Å²) in [5, 5.41) is 0. The van der Waals surface area contributed by atoms with Crippen molar-refractivity contribution in [1.82, 2.24) is 0 Å². The molecule has 0 aliphatic heterocycles. The Morgan fingerprint density at radius 1 is 0.700 bits per heavy atom. The molecule has 4 nitrogen and oxygen atoms in total. The Balaban J connectivity index is 2.30. The standard InChI is InChI=1S/C26H42O4/c1-4-7-8-9-10-11-12-13-14-17-20-29-25(27)23-18-15-16-19-24(23)26(28)30-21-22(5-2)6-3/h15-16,18-19,22H,4-14,17,20-21H2,1-3H3. The Bertz CT molecular complexity index is 592. The summed E-state index contributed by atoms with van der Waals surface area (Å²) in [6, 6.07) is 6.75. The van der Waals surface area contributed by atoms with Gasteiger partial charge in [0.05, 0.1) is 24.3 Å². The number of hydrogen-bond acceptors (Lipinski definition) is 4. The molecule has 170 valence electrons. The number of esters is 2. The molecule has 0 aliphatic carbocycles. The zero-order chi connectivity index (χ0) is 22.0. The van der Waals surface area contributed by atoms with Crippen molar-refractivity contribution in [1.29, 1.82) is 0 Å². The summed E-state index contributed by atoms with van der Waals surface area (Å²) in [6.07, 6.45) is 14.3. The highest BCUT2D eigenvalue weighted by atomic mass is 16.5. The molecule has 0 aliphatic rings. The molecule has 0 bridgehead atoms. The van der Waals surface area contributed by atoms with Gasteiger partial charge in [0.25, 0.3) is 0 Å². The van der Waals surface area contributed by atoms with Gasteiger partial charge in [0.15, 0.2) is 0 Å². The van der Waals surface area contributed by atoms with Gasteiger partial charge in [-0.3, -0.25) is 0 Å². The molecular weight excluding hydrogens is 376 g/mol. The second kappa shape index (κ2) is 16.9. The highest BCUT2D eigenvalue weighted by Gasteiger charge is 2.19. The molecular formula is C26H42O4. The topological polar surface area (TPSA) is 52.6 Å². The molecule has 0 spiro atoms. The Kier molecular flexibility index (Phi) is 14.8. The number of benzene rings is 1. The van der Waals surface area contributed by atoms with Gasteiger partial charge in [-0.25, -0.2) is 9.59 Å². The fourth-order valence-electron chi connectivity index (χ4n) is 3.47. The van der Waals surface area contributed by atoms with Gasteiger partial charge in [-0.15, -0.1) is 0 Å². The lowest BCUT2D eigenvalue weighted by Gasteiger charge is -2.14. The maximum Gasteiger partial charge on any atom is 0.339 e. The van der Waals surface area contributed by atoms with E-state index in [9.17, 15) is 9.59 Å². The van der Waals surface area contributed by atoms with Gasteiger partial charge in [0, 0.05) is 0 Å². The fraction of sp³-hybridized carbons (Fsp3) is 0.692. The number of ether oxygens (including phenoxy) is 2. The van der Waals surface area contributed by atoms with Gasteiger partial charge in [-0.05, 0) is 24.5 Å². The second-order valence-electron chi connectivity index (χ2n) is 8.14. The molecule has 0 radical (unpaired) electrons. The van der Waals surface area contributed by atoms with Gasteiger partial charge in [-0.1, -0.05) is 104 Å². The van der Waals surface area contributed by atoms with Crippen LogP contribution >= 0.6 is 0 Å². The van der Waals surface area contributed by atoms with Crippen LogP contribution in [-0.4, -0.2) is 25.2 Å².